The fraction of sp³-hybridized carbons (Fsp3) is 0.292. The minimum atomic E-state index is -0.722. The van der Waals surface area contributed by atoms with Gasteiger partial charge in [0.05, 0.1) is 17.7 Å². The van der Waals surface area contributed by atoms with Crippen LogP contribution in [-0.2, 0) is 11.3 Å². The Hall–Kier alpha value is -3.47. The van der Waals surface area contributed by atoms with Crippen molar-refractivity contribution in [3.05, 3.63) is 71.1 Å². The summed E-state index contributed by atoms with van der Waals surface area (Å²) in [6, 6.07) is 12.7. The number of carbonyl (C=O) groups excluding carboxylic acids is 2. The van der Waals surface area contributed by atoms with E-state index >= 15 is 0 Å². The van der Waals surface area contributed by atoms with Crippen molar-refractivity contribution in [2.75, 3.05) is 38.7 Å². The number of rotatable bonds is 10. The molecule has 0 radical (unpaired) electrons. The van der Waals surface area contributed by atoms with Crippen LogP contribution in [0.3, 0.4) is 0 Å². The Labute approximate surface area is 207 Å². The molecule has 0 aliphatic rings. The van der Waals surface area contributed by atoms with Gasteiger partial charge in [0.1, 0.15) is 18.2 Å². The minimum absolute atomic E-state index is 0.0194. The van der Waals surface area contributed by atoms with Gasteiger partial charge in [-0.15, -0.1) is 0 Å². The number of ether oxygens (including phenoxy) is 1. The van der Waals surface area contributed by atoms with Crippen molar-refractivity contribution in [2.45, 2.75) is 12.6 Å². The summed E-state index contributed by atoms with van der Waals surface area (Å²) < 4.78 is 19.0. The van der Waals surface area contributed by atoms with Gasteiger partial charge in [-0.2, -0.15) is 0 Å². The fourth-order valence-corrected chi connectivity index (χ4v) is 3.46. The third kappa shape index (κ3) is 7.51. The number of halogens is 2. The number of urea groups is 1. The number of hydrogen-bond acceptors (Lipinski definition) is 6. The smallest absolute Gasteiger partial charge is 0.412 e. The molecule has 0 fully saturated rings. The fourth-order valence-electron chi connectivity index (χ4n) is 3.27. The number of amides is 3. The zero-order valence-electron chi connectivity index (χ0n) is 19.1. The van der Waals surface area contributed by atoms with Crippen LogP contribution in [0.2, 0.25) is 5.02 Å². The number of likely N-dealkylation sites (N-methyl/N-ethyl adjacent to an activating group) is 1. The van der Waals surface area contributed by atoms with Crippen LogP contribution in [0.1, 0.15) is 5.56 Å². The average molecular weight is 504 g/mol. The molecule has 0 aliphatic carbocycles. The summed E-state index contributed by atoms with van der Waals surface area (Å²) in [6.45, 7) is 0.370. The van der Waals surface area contributed by atoms with E-state index in [-0.39, 0.29) is 31.3 Å². The number of aromatic nitrogens is 1. The topological polar surface area (TPSA) is 116 Å². The van der Waals surface area contributed by atoms with E-state index in [2.05, 4.69) is 20.9 Å². The van der Waals surface area contributed by atoms with Gasteiger partial charge in [0, 0.05) is 38.3 Å². The predicted octanol–water partition coefficient (Wildman–Crippen LogP) is 3.37. The number of aliphatic hydroxyl groups excluding tert-OH is 1. The van der Waals surface area contributed by atoms with Gasteiger partial charge in [0.2, 0.25) is 0 Å². The summed E-state index contributed by atoms with van der Waals surface area (Å²) in [6.07, 6.45) is 0.926. The Morgan fingerprint density at radius 2 is 1.97 bits per heavy atom. The summed E-state index contributed by atoms with van der Waals surface area (Å²) in [7, 11) is 1.54. The van der Waals surface area contributed by atoms with E-state index in [1.807, 2.05) is 24.3 Å². The summed E-state index contributed by atoms with van der Waals surface area (Å²) in [4.78, 5) is 30.6. The Morgan fingerprint density at radius 1 is 1.20 bits per heavy atom. The molecule has 3 rings (SSSR count). The maximum absolute atomic E-state index is 13.6. The van der Waals surface area contributed by atoms with Crippen LogP contribution >= 0.6 is 11.6 Å². The second-order valence-corrected chi connectivity index (χ2v) is 8.08. The lowest BCUT2D eigenvalue weighted by Crippen LogP contribution is -2.50. The first-order valence-corrected chi connectivity index (χ1v) is 11.3. The number of anilines is 1. The molecular weight excluding hydrogens is 477 g/mol. The van der Waals surface area contributed by atoms with Crippen molar-refractivity contribution >= 4 is 40.3 Å². The molecule has 1 atom stereocenters. The lowest BCUT2D eigenvalue weighted by atomic mass is 10.2. The Morgan fingerprint density at radius 3 is 2.74 bits per heavy atom. The van der Waals surface area contributed by atoms with E-state index in [1.54, 1.807) is 25.4 Å². The van der Waals surface area contributed by atoms with Crippen LogP contribution in [-0.4, -0.2) is 66.5 Å². The van der Waals surface area contributed by atoms with Crippen molar-refractivity contribution in [3.63, 3.8) is 0 Å². The maximum Gasteiger partial charge on any atom is 0.412 e. The number of fused-ring (bicyclic) bond motifs is 1. The van der Waals surface area contributed by atoms with Crippen LogP contribution in [0.5, 0.6) is 0 Å². The molecule has 1 aromatic heterocycles. The normalized spacial score (nSPS) is 11.7. The van der Waals surface area contributed by atoms with E-state index in [9.17, 15) is 14.0 Å². The van der Waals surface area contributed by atoms with Crippen LogP contribution in [0, 0.1) is 5.82 Å². The molecule has 3 amide bonds. The largest absolute Gasteiger partial charge is 0.447 e. The zero-order chi connectivity index (χ0) is 25.2. The van der Waals surface area contributed by atoms with Crippen molar-refractivity contribution in [1.82, 2.24) is 20.5 Å². The summed E-state index contributed by atoms with van der Waals surface area (Å²) in [5, 5.41) is 19.1. The lowest BCUT2D eigenvalue weighted by molar-refractivity contribution is 0.116. The summed E-state index contributed by atoms with van der Waals surface area (Å²) in [5.41, 5.74) is 0.432. The third-order valence-corrected chi connectivity index (χ3v) is 5.69. The number of aliphatic hydroxyl groups is 1. The van der Waals surface area contributed by atoms with Crippen molar-refractivity contribution in [2.24, 2.45) is 0 Å². The van der Waals surface area contributed by atoms with Gasteiger partial charge in [0.15, 0.2) is 0 Å². The minimum Gasteiger partial charge on any atom is -0.447 e. The van der Waals surface area contributed by atoms with E-state index in [1.165, 1.54) is 17.0 Å². The molecule has 4 N–H and O–H groups in total. The number of nitrogens with zero attached hydrogens (tertiary/aromatic N) is 2. The van der Waals surface area contributed by atoms with E-state index in [4.69, 9.17) is 21.4 Å². The molecule has 0 saturated carbocycles. The monoisotopic (exact) mass is 503 g/mol. The molecule has 0 spiro atoms. The van der Waals surface area contributed by atoms with Gasteiger partial charge in [-0.1, -0.05) is 48.0 Å². The molecule has 1 heterocycles. The van der Waals surface area contributed by atoms with Gasteiger partial charge in [-0.25, -0.2) is 19.0 Å². The highest BCUT2D eigenvalue weighted by Crippen LogP contribution is 2.19. The molecule has 0 aliphatic heterocycles. The van der Waals surface area contributed by atoms with Gasteiger partial charge in [-0.05, 0) is 23.1 Å². The first kappa shape index (κ1) is 26.1. The number of hydrogen-bond donors (Lipinski definition) is 4. The molecule has 0 unspecified atom stereocenters. The van der Waals surface area contributed by atoms with Gasteiger partial charge < -0.3 is 25.4 Å². The van der Waals surface area contributed by atoms with Gasteiger partial charge in [0.25, 0.3) is 0 Å². The molecule has 186 valence electrons. The molecule has 3 aromatic rings. The lowest BCUT2D eigenvalue weighted by Gasteiger charge is -2.28. The van der Waals surface area contributed by atoms with E-state index in [0.29, 0.717) is 17.9 Å². The molecule has 11 heteroatoms. The molecule has 35 heavy (non-hydrogen) atoms. The maximum atomic E-state index is 13.6. The Kier molecular flexibility index (Phi) is 9.59. The van der Waals surface area contributed by atoms with Crippen molar-refractivity contribution < 1.29 is 23.8 Å². The highest BCUT2D eigenvalue weighted by Gasteiger charge is 2.22. The third-order valence-electron chi connectivity index (χ3n) is 5.27. The number of benzene rings is 2. The van der Waals surface area contributed by atoms with E-state index < -0.39 is 24.0 Å². The summed E-state index contributed by atoms with van der Waals surface area (Å²) >= 11 is 5.94. The number of nitrogens with one attached hydrogen (secondary N) is 3. The Bertz CT molecular complexity index is 1170. The second-order valence-electron chi connectivity index (χ2n) is 7.70. The van der Waals surface area contributed by atoms with Crippen molar-refractivity contribution in [1.29, 1.82) is 0 Å². The molecule has 2 aromatic carbocycles. The standard InChI is InChI=1S/C24H27ClFN5O4/c1-31(23(33)29-13-18-7-4-8-20(26)22(18)25)19(14-27-9-10-32)15-35-24(34)30-21-11-16-5-2-3-6-17(16)12-28-21/h2-8,11-12,19,27,32H,9-10,13-15H2,1H3,(H,29,33)(H,28,30,34)/t19-/m0/s1. The number of carbonyl (C=O) groups is 2. The first-order chi connectivity index (χ1) is 16.9. The van der Waals surface area contributed by atoms with Gasteiger partial charge >= 0.3 is 12.1 Å². The highest BCUT2D eigenvalue weighted by molar-refractivity contribution is 6.31. The molecule has 9 nitrogen and oxygen atoms in total. The SMILES string of the molecule is CN(C(=O)NCc1cccc(F)c1Cl)[C@@H](CNCCO)COC(=O)Nc1cc2ccccc2cn1. The highest BCUT2D eigenvalue weighted by atomic mass is 35.5. The zero-order valence-corrected chi connectivity index (χ0v) is 19.9. The van der Waals surface area contributed by atoms with E-state index in [0.717, 1.165) is 10.8 Å². The average Bonchev–Trinajstić information content (AvgIpc) is 2.86. The molecule has 0 saturated heterocycles. The first-order valence-electron chi connectivity index (χ1n) is 10.9. The molecule has 0 bridgehead atoms. The summed E-state index contributed by atoms with van der Waals surface area (Å²) in [5.74, 6) is -0.236. The van der Waals surface area contributed by atoms with Crippen LogP contribution in [0.15, 0.2) is 54.7 Å². The second kappa shape index (κ2) is 12.8. The quantitative estimate of drug-likeness (QED) is 0.315. The predicted molar refractivity (Wildman–Crippen MR) is 132 cm³/mol. The molecular formula is C24H27ClFN5O4. The van der Waals surface area contributed by atoms with Crippen molar-refractivity contribution in [3.8, 4) is 0 Å². The van der Waals surface area contributed by atoms with Crippen LogP contribution < -0.4 is 16.0 Å². The van der Waals surface area contributed by atoms with Gasteiger partial charge in [-0.3, -0.25) is 5.32 Å². The van der Waals surface area contributed by atoms with Crippen LogP contribution in [0.4, 0.5) is 19.8 Å². The number of pyridine rings is 1. The van der Waals surface area contributed by atoms with Crippen LogP contribution in [0.25, 0.3) is 10.8 Å². The Balaban J connectivity index is 1.57.